The predicted molar refractivity (Wildman–Crippen MR) is 117 cm³/mol. The monoisotopic (exact) mass is 403 g/mol. The molecule has 1 amide bonds. The maximum Gasteiger partial charge on any atom is 0.242 e. The summed E-state index contributed by atoms with van der Waals surface area (Å²) in [6.07, 6.45) is 0.662. The topological polar surface area (TPSA) is 71.6 Å². The van der Waals surface area contributed by atoms with Gasteiger partial charge in [0.25, 0.3) is 0 Å². The summed E-state index contributed by atoms with van der Waals surface area (Å²) in [5.41, 5.74) is 8.14. The van der Waals surface area contributed by atoms with Crippen molar-refractivity contribution in [2.45, 2.75) is 25.4 Å². The van der Waals surface area contributed by atoms with Crippen molar-refractivity contribution in [1.82, 2.24) is 10.9 Å². The Morgan fingerprint density at radius 3 is 2.27 bits per heavy atom. The van der Waals surface area contributed by atoms with Crippen molar-refractivity contribution < 1.29 is 14.3 Å². The quantitative estimate of drug-likeness (QED) is 0.545. The minimum absolute atomic E-state index is 0.0677. The molecule has 0 spiro atoms. The van der Waals surface area contributed by atoms with Gasteiger partial charge >= 0.3 is 0 Å². The number of anilines is 1. The number of hydrogen-bond acceptors (Lipinski definition) is 5. The molecule has 154 valence electrons. The number of rotatable bonds is 7. The van der Waals surface area contributed by atoms with Gasteiger partial charge in [-0.2, -0.15) is 0 Å². The Hall–Kier alpha value is -3.35. The Kier molecular flexibility index (Phi) is 6.27. The summed E-state index contributed by atoms with van der Waals surface area (Å²) >= 11 is 0. The number of hydrogen-bond donors (Lipinski definition) is 3. The maximum absolute atomic E-state index is 12.6. The lowest BCUT2D eigenvalue weighted by molar-refractivity contribution is -0.117. The van der Waals surface area contributed by atoms with Gasteiger partial charge in [-0.3, -0.25) is 4.79 Å². The number of hydrazine groups is 1. The molecule has 30 heavy (non-hydrogen) atoms. The smallest absolute Gasteiger partial charge is 0.242 e. The van der Waals surface area contributed by atoms with Crippen LogP contribution in [0.2, 0.25) is 0 Å². The van der Waals surface area contributed by atoms with Gasteiger partial charge in [0, 0.05) is 11.7 Å². The minimum atomic E-state index is -0.318. The van der Waals surface area contributed by atoms with Crippen LogP contribution in [0.4, 0.5) is 5.69 Å². The molecule has 1 aliphatic rings. The van der Waals surface area contributed by atoms with Gasteiger partial charge in [0.15, 0.2) is 0 Å². The van der Waals surface area contributed by atoms with Crippen molar-refractivity contribution in [2.75, 3.05) is 11.9 Å². The Morgan fingerprint density at radius 2 is 1.57 bits per heavy atom. The third-order valence-electron chi connectivity index (χ3n) is 4.91. The van der Waals surface area contributed by atoms with E-state index < -0.39 is 0 Å². The fourth-order valence-corrected chi connectivity index (χ4v) is 3.37. The summed E-state index contributed by atoms with van der Waals surface area (Å²) in [5.74, 6) is 2.26. The average Bonchev–Trinajstić information content (AvgIpc) is 3.27. The molecule has 2 atom stereocenters. The molecule has 1 heterocycles. The molecule has 6 nitrogen and oxygen atoms in total. The number of para-hydroxylation sites is 1. The standard InChI is InChI=1S/C24H25N3O3/c1-2-29-19-12-8-17(9-13-19)22-16-23(27-26-22)24(28)25-18-10-14-21(15-11-18)30-20-6-4-3-5-7-20/h3-15,22-23,26-27H,2,16H2,1H3,(H,25,28). The predicted octanol–water partition coefficient (Wildman–Crippen LogP) is 4.42. The van der Waals surface area contributed by atoms with Crippen molar-refractivity contribution >= 4 is 11.6 Å². The van der Waals surface area contributed by atoms with Gasteiger partial charge in [-0.25, -0.2) is 10.9 Å². The minimum Gasteiger partial charge on any atom is -0.494 e. The number of nitrogens with one attached hydrogen (secondary N) is 3. The maximum atomic E-state index is 12.6. The van der Waals surface area contributed by atoms with Crippen molar-refractivity contribution in [3.05, 3.63) is 84.4 Å². The zero-order valence-corrected chi connectivity index (χ0v) is 16.8. The van der Waals surface area contributed by atoms with Crippen LogP contribution in [0.15, 0.2) is 78.9 Å². The number of carbonyl (C=O) groups is 1. The first-order chi connectivity index (χ1) is 14.7. The first-order valence-electron chi connectivity index (χ1n) is 10.1. The fourth-order valence-electron chi connectivity index (χ4n) is 3.37. The van der Waals surface area contributed by atoms with Crippen LogP contribution in [0.5, 0.6) is 17.2 Å². The van der Waals surface area contributed by atoms with Crippen LogP contribution >= 0.6 is 0 Å². The lowest BCUT2D eigenvalue weighted by Gasteiger charge is -2.12. The van der Waals surface area contributed by atoms with Gasteiger partial charge in [0.1, 0.15) is 23.3 Å². The molecule has 4 rings (SSSR count). The van der Waals surface area contributed by atoms with Crippen molar-refractivity contribution in [3.63, 3.8) is 0 Å². The van der Waals surface area contributed by atoms with Gasteiger partial charge in [-0.05, 0) is 67.4 Å². The summed E-state index contributed by atoms with van der Waals surface area (Å²) in [5, 5.41) is 2.96. The summed E-state index contributed by atoms with van der Waals surface area (Å²) < 4.78 is 11.3. The van der Waals surface area contributed by atoms with E-state index in [4.69, 9.17) is 9.47 Å². The molecule has 3 aromatic rings. The Morgan fingerprint density at radius 1 is 0.900 bits per heavy atom. The fraction of sp³-hybridized carbons (Fsp3) is 0.208. The molecule has 1 fully saturated rings. The summed E-state index contributed by atoms with van der Waals surface area (Å²) in [7, 11) is 0. The van der Waals surface area contributed by atoms with Gasteiger partial charge in [0.2, 0.25) is 5.91 Å². The van der Waals surface area contributed by atoms with Crippen molar-refractivity contribution in [1.29, 1.82) is 0 Å². The number of amides is 1. The summed E-state index contributed by atoms with van der Waals surface area (Å²) in [6, 6.07) is 24.6. The molecule has 0 radical (unpaired) electrons. The Bertz CT molecular complexity index is 959. The van der Waals surface area contributed by atoms with Crippen LogP contribution in [0.1, 0.15) is 24.9 Å². The van der Waals surface area contributed by atoms with E-state index in [-0.39, 0.29) is 18.0 Å². The van der Waals surface area contributed by atoms with E-state index in [1.54, 1.807) is 0 Å². The largest absolute Gasteiger partial charge is 0.494 e. The van der Waals surface area contributed by atoms with E-state index >= 15 is 0 Å². The molecule has 0 aliphatic carbocycles. The number of carbonyl (C=O) groups excluding carboxylic acids is 1. The first kappa shape index (κ1) is 19.9. The lowest BCUT2D eigenvalue weighted by atomic mass is 10.0. The third kappa shape index (κ3) is 4.97. The van der Waals surface area contributed by atoms with Crippen LogP contribution in [0.3, 0.4) is 0 Å². The molecule has 3 aromatic carbocycles. The molecular weight excluding hydrogens is 378 g/mol. The van der Waals surface area contributed by atoms with Crippen LogP contribution in [0.25, 0.3) is 0 Å². The van der Waals surface area contributed by atoms with Gasteiger partial charge in [0.05, 0.1) is 6.61 Å². The molecule has 1 aliphatic heterocycles. The second-order valence-corrected chi connectivity index (χ2v) is 7.06. The van der Waals surface area contributed by atoms with E-state index in [2.05, 4.69) is 16.2 Å². The normalized spacial score (nSPS) is 18.0. The molecule has 1 saturated heterocycles. The number of ether oxygens (including phenoxy) is 2. The zero-order valence-electron chi connectivity index (χ0n) is 16.8. The zero-order chi connectivity index (χ0) is 20.8. The van der Waals surface area contributed by atoms with Crippen LogP contribution in [-0.2, 0) is 4.79 Å². The highest BCUT2D eigenvalue weighted by atomic mass is 16.5. The van der Waals surface area contributed by atoms with E-state index in [0.717, 1.165) is 28.5 Å². The molecule has 2 unspecified atom stereocenters. The van der Waals surface area contributed by atoms with Crippen molar-refractivity contribution in [3.8, 4) is 17.2 Å². The Balaban J connectivity index is 1.31. The summed E-state index contributed by atoms with van der Waals surface area (Å²) in [4.78, 5) is 12.6. The summed E-state index contributed by atoms with van der Waals surface area (Å²) in [6.45, 7) is 2.60. The van der Waals surface area contributed by atoms with E-state index in [1.165, 1.54) is 0 Å². The van der Waals surface area contributed by atoms with E-state index in [0.29, 0.717) is 13.0 Å². The highest BCUT2D eigenvalue weighted by Crippen LogP contribution is 2.26. The van der Waals surface area contributed by atoms with E-state index in [9.17, 15) is 4.79 Å². The second-order valence-electron chi connectivity index (χ2n) is 7.06. The molecular formula is C24H25N3O3. The van der Waals surface area contributed by atoms with Crippen LogP contribution in [-0.4, -0.2) is 18.6 Å². The third-order valence-corrected chi connectivity index (χ3v) is 4.91. The average molecular weight is 403 g/mol. The van der Waals surface area contributed by atoms with Crippen LogP contribution in [0, 0.1) is 0 Å². The Labute approximate surface area is 176 Å². The molecule has 0 aromatic heterocycles. The number of benzene rings is 3. The van der Waals surface area contributed by atoms with Gasteiger partial charge < -0.3 is 14.8 Å². The second kappa shape index (κ2) is 9.43. The molecule has 3 N–H and O–H groups in total. The first-order valence-corrected chi connectivity index (χ1v) is 10.1. The highest BCUT2D eigenvalue weighted by Gasteiger charge is 2.30. The van der Waals surface area contributed by atoms with Gasteiger partial charge in [-0.1, -0.05) is 30.3 Å². The molecule has 6 heteroatoms. The SMILES string of the molecule is CCOc1ccc(C2CC(C(=O)Nc3ccc(Oc4ccccc4)cc3)NN2)cc1. The molecule has 0 saturated carbocycles. The van der Waals surface area contributed by atoms with Gasteiger partial charge in [-0.15, -0.1) is 0 Å². The lowest BCUT2D eigenvalue weighted by Crippen LogP contribution is -2.39. The van der Waals surface area contributed by atoms with Crippen molar-refractivity contribution in [2.24, 2.45) is 0 Å². The molecule has 0 bridgehead atoms. The van der Waals surface area contributed by atoms with E-state index in [1.807, 2.05) is 85.8 Å². The van der Waals surface area contributed by atoms with Crippen LogP contribution < -0.4 is 25.6 Å². The highest BCUT2D eigenvalue weighted by molar-refractivity contribution is 5.95.